The molecule has 1 aliphatic heterocycles. The number of halogens is 6. The molecule has 0 aliphatic carbocycles. The highest BCUT2D eigenvalue weighted by atomic mass is 19.4. The summed E-state index contributed by atoms with van der Waals surface area (Å²) < 4.78 is 104. The Bertz CT molecular complexity index is 1510. The van der Waals surface area contributed by atoms with Crippen molar-refractivity contribution in [1.29, 1.82) is 0 Å². The molecule has 2 atom stereocenters. The predicted molar refractivity (Wildman–Crippen MR) is 156 cm³/mol. The first-order chi connectivity index (χ1) is 22.2. The topological polar surface area (TPSA) is 106 Å². The molecule has 1 aliphatic rings. The van der Waals surface area contributed by atoms with Gasteiger partial charge in [0.2, 0.25) is 0 Å². The molecule has 47 heavy (non-hydrogen) atoms. The summed E-state index contributed by atoms with van der Waals surface area (Å²) in [5, 5.41) is 0. The van der Waals surface area contributed by atoms with Gasteiger partial charge < -0.3 is 23.9 Å². The van der Waals surface area contributed by atoms with Crippen LogP contribution >= 0.6 is 0 Å². The molecule has 0 spiro atoms. The molecule has 10 nitrogen and oxygen atoms in total. The molecule has 0 radical (unpaired) electrons. The Hall–Kier alpha value is -4.47. The van der Waals surface area contributed by atoms with Gasteiger partial charge in [-0.2, -0.15) is 26.3 Å². The fourth-order valence-electron chi connectivity index (χ4n) is 5.48. The SMILES string of the molecule is CCOC(=O)N1c2cc(COCCc3cnc[nH]3)c(OC)cc2[C@H](N(Cc2cc(C(F)(F)F)cc(C(F)(F)F)c2)C(=O)OC)C[C@@H]1C. The summed E-state index contributed by atoms with van der Waals surface area (Å²) in [4.78, 5) is 35.7. The first-order valence-electron chi connectivity index (χ1n) is 14.5. The number of hydrogen-bond acceptors (Lipinski definition) is 7. The van der Waals surface area contributed by atoms with E-state index in [2.05, 4.69) is 9.97 Å². The van der Waals surface area contributed by atoms with Gasteiger partial charge in [-0.1, -0.05) is 0 Å². The second-order valence-electron chi connectivity index (χ2n) is 10.8. The predicted octanol–water partition coefficient (Wildman–Crippen LogP) is 7.28. The monoisotopic (exact) mass is 672 g/mol. The number of fused-ring (bicyclic) bond motifs is 1. The standard InChI is InChI=1S/C31H34F6N4O6/c1-5-47-29(43)41-18(2)8-25(24-13-27(44-3)20(11-26(24)41)16-46-7-6-23-14-38-17-39-23)40(28(42)45-4)15-19-9-21(30(32,33)34)12-22(10-19)31(35,36)37/h9-14,17-18,25H,5-8,15-16H2,1-4H3,(H,38,39)/t18-,25+/m0/s1. The van der Waals surface area contributed by atoms with Crippen molar-refractivity contribution in [2.24, 2.45) is 0 Å². The van der Waals surface area contributed by atoms with E-state index in [1.54, 1.807) is 38.5 Å². The summed E-state index contributed by atoms with van der Waals surface area (Å²) >= 11 is 0. The zero-order chi connectivity index (χ0) is 34.5. The minimum atomic E-state index is -5.08. The number of amides is 2. The van der Waals surface area contributed by atoms with E-state index in [1.807, 2.05) is 0 Å². The number of imidazole rings is 1. The van der Waals surface area contributed by atoms with Crippen LogP contribution in [0.3, 0.4) is 0 Å². The van der Waals surface area contributed by atoms with Gasteiger partial charge in [-0.05, 0) is 56.2 Å². The van der Waals surface area contributed by atoms with Crippen LogP contribution in [0.2, 0.25) is 0 Å². The van der Waals surface area contributed by atoms with E-state index in [9.17, 15) is 35.9 Å². The van der Waals surface area contributed by atoms with E-state index < -0.39 is 59.9 Å². The first-order valence-corrected chi connectivity index (χ1v) is 14.5. The third kappa shape index (κ3) is 8.28. The van der Waals surface area contributed by atoms with E-state index in [-0.39, 0.29) is 25.7 Å². The molecule has 1 N–H and O–H groups in total. The Morgan fingerprint density at radius 2 is 1.72 bits per heavy atom. The number of carbonyl (C=O) groups excluding carboxylic acids is 2. The Morgan fingerprint density at radius 3 is 2.28 bits per heavy atom. The van der Waals surface area contributed by atoms with Crippen LogP contribution in [0.4, 0.5) is 41.6 Å². The van der Waals surface area contributed by atoms with Crippen LogP contribution in [0.15, 0.2) is 42.9 Å². The summed E-state index contributed by atoms with van der Waals surface area (Å²) in [7, 11) is 2.45. The van der Waals surface area contributed by atoms with Gasteiger partial charge in [0.15, 0.2) is 0 Å². The van der Waals surface area contributed by atoms with Gasteiger partial charge in [0.05, 0.1) is 63.2 Å². The molecule has 0 unspecified atom stereocenters. The second-order valence-corrected chi connectivity index (χ2v) is 10.8. The van der Waals surface area contributed by atoms with Crippen molar-refractivity contribution in [3.8, 4) is 5.75 Å². The maximum atomic E-state index is 13.6. The van der Waals surface area contributed by atoms with E-state index in [4.69, 9.17) is 18.9 Å². The fraction of sp³-hybridized carbons (Fsp3) is 0.452. The number of rotatable bonds is 10. The smallest absolute Gasteiger partial charge is 0.416 e. The third-order valence-electron chi connectivity index (χ3n) is 7.63. The number of aromatic nitrogens is 2. The van der Waals surface area contributed by atoms with Crippen molar-refractivity contribution < 1.29 is 54.9 Å². The van der Waals surface area contributed by atoms with Crippen molar-refractivity contribution in [2.75, 3.05) is 32.3 Å². The largest absolute Gasteiger partial charge is 0.496 e. The number of methoxy groups -OCH3 is 2. The summed E-state index contributed by atoms with van der Waals surface area (Å²) in [6.07, 6.45) is -8.07. The maximum absolute atomic E-state index is 13.6. The van der Waals surface area contributed by atoms with Crippen molar-refractivity contribution in [1.82, 2.24) is 14.9 Å². The lowest BCUT2D eigenvalue weighted by atomic mass is 9.89. The highest BCUT2D eigenvalue weighted by molar-refractivity contribution is 5.91. The van der Waals surface area contributed by atoms with Gasteiger partial charge in [0.1, 0.15) is 5.75 Å². The lowest BCUT2D eigenvalue weighted by Gasteiger charge is -2.43. The Kier molecular flexibility index (Phi) is 10.9. The van der Waals surface area contributed by atoms with Crippen molar-refractivity contribution in [2.45, 2.75) is 64.3 Å². The summed E-state index contributed by atoms with van der Waals surface area (Å²) in [6.45, 7) is 3.08. The Labute approximate surface area is 266 Å². The van der Waals surface area contributed by atoms with Gasteiger partial charge >= 0.3 is 24.5 Å². The molecule has 16 heteroatoms. The number of hydrogen-bond donors (Lipinski definition) is 1. The van der Waals surface area contributed by atoms with Gasteiger partial charge in [0, 0.05) is 42.0 Å². The number of alkyl halides is 6. The van der Waals surface area contributed by atoms with Crippen LogP contribution in [-0.4, -0.2) is 60.5 Å². The summed E-state index contributed by atoms with van der Waals surface area (Å²) in [5.41, 5.74) is -1.42. The molecule has 0 saturated heterocycles. The molecule has 2 amide bonds. The van der Waals surface area contributed by atoms with Gasteiger partial charge in [-0.25, -0.2) is 14.6 Å². The molecule has 0 bridgehead atoms. The van der Waals surface area contributed by atoms with Crippen LogP contribution in [0, 0.1) is 0 Å². The van der Waals surface area contributed by atoms with Crippen LogP contribution < -0.4 is 9.64 Å². The first kappa shape index (κ1) is 35.4. The minimum absolute atomic E-state index is 0.0185. The quantitative estimate of drug-likeness (QED) is 0.178. The van der Waals surface area contributed by atoms with Crippen LogP contribution in [0.5, 0.6) is 5.75 Å². The summed E-state index contributed by atoms with van der Waals surface area (Å²) in [6, 6.07) is 2.74. The molecular weight excluding hydrogens is 638 g/mol. The summed E-state index contributed by atoms with van der Waals surface area (Å²) in [5.74, 6) is 0.317. The van der Waals surface area contributed by atoms with Gasteiger partial charge in [0.25, 0.3) is 0 Å². The van der Waals surface area contributed by atoms with E-state index >= 15 is 0 Å². The molecule has 0 fully saturated rings. The van der Waals surface area contributed by atoms with Crippen LogP contribution in [0.1, 0.15) is 59.8 Å². The maximum Gasteiger partial charge on any atom is 0.416 e. The average molecular weight is 673 g/mol. The van der Waals surface area contributed by atoms with Crippen molar-refractivity contribution in [3.63, 3.8) is 0 Å². The fourth-order valence-corrected chi connectivity index (χ4v) is 5.48. The number of aromatic amines is 1. The molecular formula is C31H34F6N4O6. The van der Waals surface area contributed by atoms with Gasteiger partial charge in [-0.3, -0.25) is 9.80 Å². The molecule has 2 aromatic carbocycles. The highest BCUT2D eigenvalue weighted by Gasteiger charge is 2.41. The molecule has 256 valence electrons. The number of carbonyl (C=O) groups is 2. The average Bonchev–Trinajstić information content (AvgIpc) is 3.53. The number of ether oxygens (including phenoxy) is 4. The van der Waals surface area contributed by atoms with Crippen LogP contribution in [-0.2, 0) is 46.1 Å². The lowest BCUT2D eigenvalue weighted by Crippen LogP contribution is -2.47. The number of nitrogens with one attached hydrogen (secondary N) is 1. The zero-order valence-electron chi connectivity index (χ0n) is 26.0. The molecule has 0 saturated carbocycles. The molecule has 4 rings (SSSR count). The zero-order valence-corrected chi connectivity index (χ0v) is 26.0. The molecule has 1 aromatic heterocycles. The number of H-pyrrole nitrogens is 1. The number of benzene rings is 2. The number of nitrogens with zero attached hydrogens (tertiary/aromatic N) is 3. The van der Waals surface area contributed by atoms with Crippen molar-refractivity contribution in [3.05, 3.63) is 76.4 Å². The van der Waals surface area contributed by atoms with E-state index in [1.165, 1.54) is 12.0 Å². The minimum Gasteiger partial charge on any atom is -0.496 e. The van der Waals surface area contributed by atoms with Gasteiger partial charge in [-0.15, -0.1) is 0 Å². The Balaban J connectivity index is 1.78. The lowest BCUT2D eigenvalue weighted by molar-refractivity contribution is -0.143. The Morgan fingerprint density at radius 1 is 1.04 bits per heavy atom. The highest BCUT2D eigenvalue weighted by Crippen LogP contribution is 2.45. The normalized spacial score (nSPS) is 16.4. The molecule has 3 aromatic rings. The van der Waals surface area contributed by atoms with Crippen LogP contribution in [0.25, 0.3) is 0 Å². The van der Waals surface area contributed by atoms with Crippen molar-refractivity contribution >= 4 is 17.9 Å². The second kappa shape index (κ2) is 14.5. The third-order valence-corrected chi connectivity index (χ3v) is 7.63. The molecule has 2 heterocycles. The van der Waals surface area contributed by atoms with E-state index in [0.29, 0.717) is 47.7 Å². The number of anilines is 1. The van der Waals surface area contributed by atoms with E-state index in [0.717, 1.165) is 17.7 Å².